The van der Waals surface area contributed by atoms with Gasteiger partial charge in [-0.2, -0.15) is 5.26 Å². The number of rotatable bonds is 5. The van der Waals surface area contributed by atoms with Crippen LogP contribution in [0.2, 0.25) is 0 Å². The highest BCUT2D eigenvalue weighted by Gasteiger charge is 2.15. The maximum atomic E-state index is 12.4. The number of nitrogens with zero attached hydrogens (tertiary/aromatic N) is 1. The largest absolute Gasteiger partial charge is 0.504 e. The maximum absolute atomic E-state index is 12.4. The van der Waals surface area contributed by atoms with E-state index in [1.54, 1.807) is 6.07 Å². The lowest BCUT2D eigenvalue weighted by Gasteiger charge is -2.14. The fourth-order valence-corrected chi connectivity index (χ4v) is 2.68. The molecule has 0 aliphatic rings. The van der Waals surface area contributed by atoms with Crippen LogP contribution in [0.3, 0.4) is 0 Å². The third-order valence-electron chi connectivity index (χ3n) is 3.61. The van der Waals surface area contributed by atoms with Crippen LogP contribution in [0.5, 0.6) is 11.5 Å². The van der Waals surface area contributed by atoms with Crippen LogP contribution in [0.25, 0.3) is 6.08 Å². The smallest absolute Gasteiger partial charge is 0.262 e. The SMILES string of the molecule is COc1cc(/C=C(/C#N)C(=O)NC(C)c2ccccc2)c(Br)cc1O. The van der Waals surface area contributed by atoms with Gasteiger partial charge < -0.3 is 15.2 Å². The average molecular weight is 401 g/mol. The summed E-state index contributed by atoms with van der Waals surface area (Å²) in [4.78, 5) is 12.4. The van der Waals surface area contributed by atoms with Crippen molar-refractivity contribution < 1.29 is 14.6 Å². The number of carbonyl (C=O) groups excluding carboxylic acids is 1. The van der Waals surface area contributed by atoms with E-state index in [1.807, 2.05) is 43.3 Å². The second-order valence-electron chi connectivity index (χ2n) is 5.32. The molecule has 0 aromatic heterocycles. The molecule has 25 heavy (non-hydrogen) atoms. The number of carbonyl (C=O) groups is 1. The predicted molar refractivity (Wildman–Crippen MR) is 98.9 cm³/mol. The van der Waals surface area contributed by atoms with E-state index in [1.165, 1.54) is 19.3 Å². The molecule has 0 aliphatic carbocycles. The molecule has 2 aromatic rings. The second-order valence-corrected chi connectivity index (χ2v) is 6.18. The van der Waals surface area contributed by atoms with Crippen molar-refractivity contribution in [2.45, 2.75) is 13.0 Å². The Morgan fingerprint density at radius 1 is 1.36 bits per heavy atom. The summed E-state index contributed by atoms with van der Waals surface area (Å²) in [6, 6.07) is 14.2. The van der Waals surface area contributed by atoms with Crippen molar-refractivity contribution in [1.29, 1.82) is 5.26 Å². The molecule has 2 N–H and O–H groups in total. The molecule has 0 spiro atoms. The average Bonchev–Trinajstić information content (AvgIpc) is 2.61. The first-order valence-corrected chi connectivity index (χ1v) is 8.29. The van der Waals surface area contributed by atoms with E-state index < -0.39 is 5.91 Å². The number of nitriles is 1. The number of hydrogen-bond donors (Lipinski definition) is 2. The van der Waals surface area contributed by atoms with Gasteiger partial charge in [0, 0.05) is 4.47 Å². The minimum Gasteiger partial charge on any atom is -0.504 e. The molecule has 0 saturated heterocycles. The minimum atomic E-state index is -0.474. The number of hydrogen-bond acceptors (Lipinski definition) is 4. The van der Waals surface area contributed by atoms with Crippen molar-refractivity contribution in [2.24, 2.45) is 0 Å². The van der Waals surface area contributed by atoms with E-state index >= 15 is 0 Å². The van der Waals surface area contributed by atoms with E-state index in [9.17, 15) is 15.2 Å². The highest BCUT2D eigenvalue weighted by atomic mass is 79.9. The lowest BCUT2D eigenvalue weighted by Crippen LogP contribution is -2.27. The summed E-state index contributed by atoms with van der Waals surface area (Å²) in [5.41, 5.74) is 1.45. The van der Waals surface area contributed by atoms with Crippen LogP contribution < -0.4 is 10.1 Å². The van der Waals surface area contributed by atoms with Gasteiger partial charge in [-0.3, -0.25) is 4.79 Å². The first-order chi connectivity index (χ1) is 12.0. The number of halogens is 1. The summed E-state index contributed by atoms with van der Waals surface area (Å²) in [7, 11) is 1.43. The molecule has 0 radical (unpaired) electrons. The van der Waals surface area contributed by atoms with E-state index in [4.69, 9.17) is 4.74 Å². The van der Waals surface area contributed by atoms with Crippen molar-refractivity contribution in [1.82, 2.24) is 5.32 Å². The molecule has 2 rings (SSSR count). The van der Waals surface area contributed by atoms with Crippen molar-refractivity contribution in [2.75, 3.05) is 7.11 Å². The highest BCUT2D eigenvalue weighted by Crippen LogP contribution is 2.33. The van der Waals surface area contributed by atoms with Gasteiger partial charge in [0.25, 0.3) is 5.91 Å². The van der Waals surface area contributed by atoms with Crippen LogP contribution in [-0.4, -0.2) is 18.1 Å². The van der Waals surface area contributed by atoms with Crippen LogP contribution in [-0.2, 0) is 4.79 Å². The van der Waals surface area contributed by atoms with Gasteiger partial charge in [-0.1, -0.05) is 46.3 Å². The zero-order valence-corrected chi connectivity index (χ0v) is 15.4. The van der Waals surface area contributed by atoms with E-state index in [0.717, 1.165) is 5.56 Å². The zero-order chi connectivity index (χ0) is 18.4. The van der Waals surface area contributed by atoms with Crippen LogP contribution in [0.1, 0.15) is 24.1 Å². The van der Waals surface area contributed by atoms with Gasteiger partial charge >= 0.3 is 0 Å². The van der Waals surface area contributed by atoms with Gasteiger partial charge in [-0.15, -0.1) is 0 Å². The molecule has 0 bridgehead atoms. The molecule has 1 atom stereocenters. The Kier molecular flexibility index (Phi) is 6.20. The Labute approximate surface area is 154 Å². The Balaban J connectivity index is 2.26. The molecular weight excluding hydrogens is 384 g/mol. The highest BCUT2D eigenvalue weighted by molar-refractivity contribution is 9.10. The fraction of sp³-hybridized carbons (Fsp3) is 0.158. The Bertz CT molecular complexity index is 842. The Morgan fingerprint density at radius 3 is 2.64 bits per heavy atom. The van der Waals surface area contributed by atoms with Gasteiger partial charge in [0.1, 0.15) is 11.6 Å². The molecule has 6 heteroatoms. The lowest BCUT2D eigenvalue weighted by molar-refractivity contribution is -0.117. The van der Waals surface area contributed by atoms with E-state index in [0.29, 0.717) is 10.0 Å². The van der Waals surface area contributed by atoms with Crippen molar-refractivity contribution in [3.63, 3.8) is 0 Å². The third-order valence-corrected chi connectivity index (χ3v) is 4.30. The molecular formula is C19H17BrN2O3. The monoisotopic (exact) mass is 400 g/mol. The quantitative estimate of drug-likeness (QED) is 0.587. The van der Waals surface area contributed by atoms with Crippen LogP contribution in [0.4, 0.5) is 0 Å². The molecule has 1 unspecified atom stereocenters. The molecule has 0 fully saturated rings. The molecule has 0 saturated carbocycles. The number of ether oxygens (including phenoxy) is 1. The number of methoxy groups -OCH3 is 1. The summed E-state index contributed by atoms with van der Waals surface area (Å²) in [6.07, 6.45) is 1.44. The first-order valence-electron chi connectivity index (χ1n) is 7.50. The maximum Gasteiger partial charge on any atom is 0.262 e. The van der Waals surface area contributed by atoms with E-state index in [-0.39, 0.29) is 23.1 Å². The fourth-order valence-electron chi connectivity index (χ4n) is 2.24. The van der Waals surface area contributed by atoms with Gasteiger partial charge in [0.2, 0.25) is 0 Å². The van der Waals surface area contributed by atoms with Crippen molar-refractivity contribution >= 4 is 27.9 Å². The van der Waals surface area contributed by atoms with Gasteiger partial charge in [-0.25, -0.2) is 0 Å². The number of phenols is 1. The van der Waals surface area contributed by atoms with Crippen molar-refractivity contribution in [3.05, 3.63) is 63.6 Å². The summed E-state index contributed by atoms with van der Waals surface area (Å²) in [5, 5.41) is 21.9. The topological polar surface area (TPSA) is 82.3 Å². The summed E-state index contributed by atoms with van der Waals surface area (Å²) < 4.78 is 5.60. The van der Waals surface area contributed by atoms with Crippen LogP contribution in [0.15, 0.2) is 52.5 Å². The van der Waals surface area contributed by atoms with Gasteiger partial charge in [0.15, 0.2) is 11.5 Å². The summed E-state index contributed by atoms with van der Waals surface area (Å²) >= 11 is 3.30. The molecule has 0 heterocycles. The van der Waals surface area contributed by atoms with Crippen molar-refractivity contribution in [3.8, 4) is 17.6 Å². The van der Waals surface area contributed by atoms with Gasteiger partial charge in [-0.05, 0) is 36.3 Å². The second kappa shape index (κ2) is 8.36. The Morgan fingerprint density at radius 2 is 2.04 bits per heavy atom. The molecule has 128 valence electrons. The summed E-state index contributed by atoms with van der Waals surface area (Å²) in [5.74, 6) is -0.255. The Hall–Kier alpha value is -2.78. The third kappa shape index (κ3) is 4.61. The molecule has 2 aromatic carbocycles. The molecule has 5 nitrogen and oxygen atoms in total. The standard InChI is InChI=1S/C19H17BrN2O3/c1-12(13-6-4-3-5-7-13)22-19(24)15(11-21)8-14-9-18(25-2)17(23)10-16(14)20/h3-10,12,23H,1-2H3,(H,22,24)/b15-8-. The number of nitrogens with one attached hydrogen (secondary N) is 1. The molecule has 0 aliphatic heterocycles. The summed E-state index contributed by atoms with van der Waals surface area (Å²) in [6.45, 7) is 1.85. The van der Waals surface area contributed by atoms with E-state index in [2.05, 4.69) is 21.2 Å². The van der Waals surface area contributed by atoms with Crippen LogP contribution in [0, 0.1) is 11.3 Å². The number of aromatic hydroxyl groups is 1. The lowest BCUT2D eigenvalue weighted by atomic mass is 10.1. The van der Waals surface area contributed by atoms with Crippen LogP contribution >= 0.6 is 15.9 Å². The predicted octanol–water partition coefficient (Wildman–Crippen LogP) is 3.95. The molecule has 1 amide bonds. The normalized spacial score (nSPS) is 12.2. The first kappa shape index (κ1) is 18.6. The number of phenolic OH excluding ortho intramolecular Hbond substituents is 1. The van der Waals surface area contributed by atoms with Gasteiger partial charge in [0.05, 0.1) is 13.2 Å². The number of amides is 1. The zero-order valence-electron chi connectivity index (χ0n) is 13.8. The number of benzene rings is 2. The minimum absolute atomic E-state index is 0.0350.